The maximum Gasteiger partial charge on any atom is 0.326 e. The Morgan fingerprint density at radius 2 is 1.56 bits per heavy atom. The normalized spacial score (nSPS) is 19.0. The molecule has 19 nitrogen and oxygen atoms in total. The number of halogens is 3. The second-order valence-electron chi connectivity index (χ2n) is 22.8. The van der Waals surface area contributed by atoms with Gasteiger partial charge in [-0.3, -0.25) is 29.1 Å². The van der Waals surface area contributed by atoms with Crippen molar-refractivity contribution in [3.63, 3.8) is 0 Å². The Balaban J connectivity index is 0.786. The fourth-order valence-corrected chi connectivity index (χ4v) is 11.4. The number of anilines is 1. The predicted molar refractivity (Wildman–Crippen MR) is 323 cm³/mol. The molecule has 22 heteroatoms. The minimum atomic E-state index is -1.05. The summed E-state index contributed by atoms with van der Waals surface area (Å²) in [5.74, 6) is -0.0573. The van der Waals surface area contributed by atoms with E-state index in [0.717, 1.165) is 22.3 Å². The standard InChI is InChI=1S/C63H73Cl2FN12O7/c1-10-84-53-35-43(61(3,4)5)15-21-48(53)57-71-62(6,41-11-16-44(64)17-12-41)63(7,42-13-18-45(65)19-14-42)78(57)60(81)76-27-25-75(26-28-76)30-32-83-34-33-82-31-23-54(79)73(8)24-29-77-52-39-74(9)59(80)47-22-20-46(66)36-49(47)40(2)85-58-56(68)69-38-51(70-58)55(52)50(37-67)72-77/h11-22,35-36,38,40H,10,23-34,39H2,1-9H3,(H2,68,69)/t40-,62-,63+/m1/s1. The first-order valence-electron chi connectivity index (χ1n) is 28.5. The molecule has 3 aliphatic heterocycles. The second kappa shape index (κ2) is 25.9. The van der Waals surface area contributed by atoms with Gasteiger partial charge in [0.1, 0.15) is 40.7 Å². The predicted octanol–water partition coefficient (Wildman–Crippen LogP) is 9.87. The summed E-state index contributed by atoms with van der Waals surface area (Å²) >= 11 is 13.0. The van der Waals surface area contributed by atoms with Crippen LogP contribution in [0.5, 0.6) is 11.6 Å². The number of hydrogen-bond acceptors (Lipinski definition) is 14. The highest BCUT2D eigenvalue weighted by Gasteiger charge is 2.60. The monoisotopic (exact) mass is 1200 g/mol. The zero-order chi connectivity index (χ0) is 61.0. The third-order valence-corrected chi connectivity index (χ3v) is 16.8. The number of fused-ring (bicyclic) bond motifs is 5. The number of hydrogen-bond donors (Lipinski definition) is 1. The van der Waals surface area contributed by atoms with E-state index in [-0.39, 0.29) is 85.3 Å². The van der Waals surface area contributed by atoms with Gasteiger partial charge in [0.05, 0.1) is 81.3 Å². The first kappa shape index (κ1) is 61.9. The second-order valence-corrected chi connectivity index (χ2v) is 23.7. The van der Waals surface area contributed by atoms with Crippen molar-refractivity contribution in [1.82, 2.24) is 44.2 Å². The number of carbonyl (C=O) groups excluding carboxylic acids is 3. The molecule has 3 atom stereocenters. The van der Waals surface area contributed by atoms with E-state index in [0.29, 0.717) is 91.0 Å². The summed E-state index contributed by atoms with van der Waals surface area (Å²) < 4.78 is 40.4. The van der Waals surface area contributed by atoms with Gasteiger partial charge < -0.3 is 39.4 Å². The van der Waals surface area contributed by atoms with Crippen molar-refractivity contribution in [2.45, 2.75) is 90.6 Å². The Morgan fingerprint density at radius 1 is 0.906 bits per heavy atom. The Kier molecular flexibility index (Phi) is 18.9. The van der Waals surface area contributed by atoms with Crippen LogP contribution in [0.25, 0.3) is 11.3 Å². The number of likely N-dealkylation sites (N-methyl/N-ethyl adjacent to an activating group) is 1. The molecule has 5 heterocycles. The fourth-order valence-electron chi connectivity index (χ4n) is 11.1. The molecule has 85 heavy (non-hydrogen) atoms. The van der Waals surface area contributed by atoms with Crippen molar-refractivity contribution < 1.29 is 37.7 Å². The molecule has 2 bridgehead atoms. The molecule has 0 radical (unpaired) electrons. The van der Waals surface area contributed by atoms with Crippen LogP contribution < -0.4 is 15.2 Å². The van der Waals surface area contributed by atoms with Crippen molar-refractivity contribution in [2.75, 3.05) is 92.1 Å². The Bertz CT molecular complexity index is 3510. The van der Waals surface area contributed by atoms with Crippen LogP contribution in [0.15, 0.2) is 96.1 Å². The number of carbonyl (C=O) groups is 3. The Labute approximate surface area is 506 Å². The van der Waals surface area contributed by atoms with Gasteiger partial charge in [0.15, 0.2) is 11.5 Å². The summed E-state index contributed by atoms with van der Waals surface area (Å²) in [4.78, 5) is 66.4. The highest BCUT2D eigenvalue weighted by molar-refractivity contribution is 6.30. The van der Waals surface area contributed by atoms with Gasteiger partial charge in [0.25, 0.3) is 11.8 Å². The molecule has 0 saturated carbocycles. The zero-order valence-electron chi connectivity index (χ0n) is 49.6. The molecule has 2 aromatic heterocycles. The number of nitrogens with zero attached hydrogens (tertiary/aromatic N) is 11. The maximum absolute atomic E-state index is 15.5. The summed E-state index contributed by atoms with van der Waals surface area (Å²) in [6.07, 6.45) is 0.679. The number of ether oxygens (including phenoxy) is 4. The number of aliphatic imine (C=N–C) groups is 1. The first-order valence-corrected chi connectivity index (χ1v) is 29.3. The van der Waals surface area contributed by atoms with Gasteiger partial charge in [0, 0.05) is 74.5 Å². The number of amidine groups is 1. The summed E-state index contributed by atoms with van der Waals surface area (Å²) in [5, 5.41) is 16.0. The lowest BCUT2D eigenvalue weighted by Gasteiger charge is -2.47. The van der Waals surface area contributed by atoms with Crippen molar-refractivity contribution in [3.8, 4) is 29.0 Å². The van der Waals surface area contributed by atoms with E-state index in [2.05, 4.69) is 72.8 Å². The number of benzene rings is 4. The van der Waals surface area contributed by atoms with Crippen LogP contribution in [-0.4, -0.2) is 154 Å². The van der Waals surface area contributed by atoms with E-state index in [1.807, 2.05) is 71.3 Å². The number of aromatic nitrogens is 4. The van der Waals surface area contributed by atoms with Crippen LogP contribution in [0.3, 0.4) is 0 Å². The van der Waals surface area contributed by atoms with Crippen molar-refractivity contribution >= 4 is 52.7 Å². The van der Waals surface area contributed by atoms with E-state index in [1.54, 1.807) is 30.6 Å². The molecule has 4 aromatic carbocycles. The molecule has 1 saturated heterocycles. The van der Waals surface area contributed by atoms with Gasteiger partial charge in [-0.05, 0) is 104 Å². The van der Waals surface area contributed by atoms with Crippen LogP contribution in [0.1, 0.15) is 111 Å². The number of rotatable bonds is 17. The lowest BCUT2D eigenvalue weighted by molar-refractivity contribution is -0.131. The van der Waals surface area contributed by atoms with Crippen molar-refractivity contribution in [1.29, 1.82) is 5.26 Å². The van der Waals surface area contributed by atoms with Gasteiger partial charge in [-0.25, -0.2) is 19.2 Å². The molecule has 9 rings (SSSR count). The summed E-state index contributed by atoms with van der Waals surface area (Å²) in [7, 11) is 3.27. The number of nitriles is 1. The topological polar surface area (TPSA) is 210 Å². The highest BCUT2D eigenvalue weighted by atomic mass is 35.5. The van der Waals surface area contributed by atoms with Gasteiger partial charge in [-0.2, -0.15) is 10.4 Å². The molecule has 1 fully saturated rings. The van der Waals surface area contributed by atoms with E-state index >= 15 is 4.79 Å². The van der Waals surface area contributed by atoms with Crippen LogP contribution >= 0.6 is 23.2 Å². The van der Waals surface area contributed by atoms with Gasteiger partial charge in [0.2, 0.25) is 5.91 Å². The number of nitrogen functional groups attached to an aromatic ring is 1. The number of nitrogens with two attached hydrogens (primary N) is 1. The van der Waals surface area contributed by atoms with E-state index in [9.17, 15) is 19.2 Å². The third-order valence-electron chi connectivity index (χ3n) is 16.3. The Hall–Kier alpha value is -7.67. The van der Waals surface area contributed by atoms with E-state index in [4.69, 9.17) is 52.9 Å². The van der Waals surface area contributed by atoms with E-state index in [1.165, 1.54) is 29.3 Å². The molecule has 0 spiro atoms. The molecule has 0 unspecified atom stereocenters. The minimum absolute atomic E-state index is 0.0129. The minimum Gasteiger partial charge on any atom is -0.493 e. The van der Waals surface area contributed by atoms with E-state index < -0.39 is 28.9 Å². The van der Waals surface area contributed by atoms with Crippen molar-refractivity contribution in [2.24, 2.45) is 4.99 Å². The quantitative estimate of drug-likeness (QED) is 0.0844. The summed E-state index contributed by atoms with van der Waals surface area (Å²) in [6, 6.07) is 27.3. The average molecular weight is 1200 g/mol. The lowest BCUT2D eigenvalue weighted by Crippen LogP contribution is -2.60. The fraction of sp³-hybridized carbons (Fsp3) is 0.429. The molecule has 448 valence electrons. The zero-order valence-corrected chi connectivity index (χ0v) is 51.1. The van der Waals surface area contributed by atoms with Crippen LogP contribution in [-0.2, 0) is 43.9 Å². The lowest BCUT2D eigenvalue weighted by atomic mass is 9.71. The van der Waals surface area contributed by atoms with Crippen LogP contribution in [0.4, 0.5) is 15.0 Å². The molecule has 6 aromatic rings. The van der Waals surface area contributed by atoms with Crippen molar-refractivity contribution in [3.05, 3.63) is 152 Å². The number of urea groups is 1. The highest BCUT2D eigenvalue weighted by Crippen LogP contribution is 2.54. The summed E-state index contributed by atoms with van der Waals surface area (Å²) in [5.41, 5.74) is 9.10. The SMILES string of the molecule is CCOc1cc(C(C)(C)C)ccc1C1=N[C@](C)(c2ccc(Cl)cc2)[C@](C)(c2ccc(Cl)cc2)N1C(=O)N1CCN(CCOCCOCCC(=O)N(C)CCn2nc(C#N)c3c2CN(C)C(=O)c2ccc(F)cc2[C@@H](C)Oc2nc-3cnc2N)CC1. The maximum atomic E-state index is 15.5. The average Bonchev–Trinajstić information content (AvgIpc) is 1.71. The first-order chi connectivity index (χ1) is 40.6. The van der Waals surface area contributed by atoms with Crippen LogP contribution in [0.2, 0.25) is 10.0 Å². The molecule has 2 N–H and O–H groups in total. The Morgan fingerprint density at radius 3 is 2.22 bits per heavy atom. The number of amides is 4. The molecule has 0 aliphatic carbocycles. The van der Waals surface area contributed by atoms with Crippen LogP contribution in [0, 0.1) is 17.1 Å². The molecular weight excluding hydrogens is 1130 g/mol. The molecule has 3 aliphatic rings. The van der Waals surface area contributed by atoms with Gasteiger partial charge in [-0.15, -0.1) is 0 Å². The summed E-state index contributed by atoms with van der Waals surface area (Å²) in [6.45, 7) is 19.1. The smallest absolute Gasteiger partial charge is 0.326 e. The van der Waals surface area contributed by atoms with Gasteiger partial charge >= 0.3 is 6.03 Å². The third kappa shape index (κ3) is 13.0. The molecule has 4 amide bonds. The largest absolute Gasteiger partial charge is 0.493 e. The number of piperazine rings is 1. The van der Waals surface area contributed by atoms with Gasteiger partial charge in [-0.1, -0.05) is 74.3 Å². The molecular formula is C63H73Cl2FN12O7.